The van der Waals surface area contributed by atoms with E-state index in [9.17, 15) is 9.18 Å². The molecule has 1 aliphatic heterocycles. The lowest BCUT2D eigenvalue weighted by atomic mass is 9.85. The summed E-state index contributed by atoms with van der Waals surface area (Å²) in [5.41, 5.74) is 10.6. The summed E-state index contributed by atoms with van der Waals surface area (Å²) in [6, 6.07) is 20.7. The summed E-state index contributed by atoms with van der Waals surface area (Å²) in [4.78, 5) is 21.6. The van der Waals surface area contributed by atoms with Crippen molar-refractivity contribution in [1.29, 1.82) is 0 Å². The number of ether oxygens (including phenoxy) is 2. The quantitative estimate of drug-likeness (QED) is 0.110. The average Bonchev–Trinajstić information content (AvgIpc) is 3.32. The Hall–Kier alpha value is -4.05. The minimum Gasteiger partial charge on any atom is -0.494 e. The SMILES string of the molecule is C[C@H]1OC(c2ccc(OCCCO)cc2)=N[C@@]1(Cc1ccccc1N=[N+]=[N-])C(=O)NCCSCc1ccc(F)cc1. The third-order valence-electron chi connectivity index (χ3n) is 6.65. The van der Waals surface area contributed by atoms with Crippen molar-refractivity contribution in [2.75, 3.05) is 25.5 Å². The van der Waals surface area contributed by atoms with Crippen molar-refractivity contribution in [2.45, 2.75) is 37.2 Å². The molecule has 1 amide bonds. The molecule has 0 aliphatic carbocycles. The molecule has 4 rings (SSSR count). The number of benzene rings is 3. The van der Waals surface area contributed by atoms with Crippen molar-refractivity contribution in [3.05, 3.63) is 106 Å². The predicted molar refractivity (Wildman–Crippen MR) is 158 cm³/mol. The van der Waals surface area contributed by atoms with Crippen LogP contribution in [0.5, 0.6) is 5.75 Å². The molecule has 0 bridgehead atoms. The highest BCUT2D eigenvalue weighted by molar-refractivity contribution is 7.98. The predicted octanol–water partition coefficient (Wildman–Crippen LogP) is 5.73. The molecule has 1 aliphatic rings. The Labute approximate surface area is 242 Å². The average molecular weight is 578 g/mol. The zero-order chi connectivity index (χ0) is 29.1. The van der Waals surface area contributed by atoms with E-state index in [-0.39, 0.29) is 24.8 Å². The van der Waals surface area contributed by atoms with E-state index in [1.165, 1.54) is 12.1 Å². The number of nitrogens with zero attached hydrogens (tertiary/aromatic N) is 4. The van der Waals surface area contributed by atoms with Crippen LogP contribution in [-0.2, 0) is 21.7 Å². The standard InChI is InChI=1S/C30H32FN5O4S/c1-21-30(19-24-5-2-3-6-27(24)35-36-32,29(38)33-15-18-41-20-22-7-11-25(31)12-8-22)34-28(40-21)23-9-13-26(14-10-23)39-17-4-16-37/h2-3,5-14,21,37H,4,15-20H2,1H3,(H,33,38)/t21-,30-/m1/s1. The first kappa shape index (κ1) is 29.9. The Morgan fingerprint density at radius 3 is 2.68 bits per heavy atom. The van der Waals surface area contributed by atoms with Crippen LogP contribution in [0, 0.1) is 5.82 Å². The maximum absolute atomic E-state index is 13.8. The fourth-order valence-electron chi connectivity index (χ4n) is 4.40. The fraction of sp³-hybridized carbons (Fsp3) is 0.333. The number of amides is 1. The molecule has 2 N–H and O–H groups in total. The summed E-state index contributed by atoms with van der Waals surface area (Å²) in [5, 5.41) is 15.8. The molecule has 214 valence electrons. The number of carbonyl (C=O) groups is 1. The molecule has 0 fully saturated rings. The molecule has 11 heteroatoms. The molecule has 41 heavy (non-hydrogen) atoms. The van der Waals surface area contributed by atoms with Crippen LogP contribution in [0.1, 0.15) is 30.0 Å². The van der Waals surface area contributed by atoms with Gasteiger partial charge in [-0.15, -0.1) is 0 Å². The number of hydrogen-bond donors (Lipinski definition) is 2. The van der Waals surface area contributed by atoms with Gasteiger partial charge in [0.25, 0.3) is 5.91 Å². The van der Waals surface area contributed by atoms with E-state index in [1.54, 1.807) is 48.2 Å². The molecule has 0 radical (unpaired) electrons. The summed E-state index contributed by atoms with van der Waals surface area (Å²) < 4.78 is 24.9. The number of azide groups is 1. The van der Waals surface area contributed by atoms with Crippen molar-refractivity contribution in [2.24, 2.45) is 10.1 Å². The molecule has 3 aromatic carbocycles. The van der Waals surface area contributed by atoms with Gasteiger partial charge in [-0.1, -0.05) is 41.5 Å². The van der Waals surface area contributed by atoms with E-state index in [0.717, 1.165) is 5.56 Å². The third kappa shape index (κ3) is 7.79. The monoisotopic (exact) mass is 577 g/mol. The maximum Gasteiger partial charge on any atom is 0.252 e. The van der Waals surface area contributed by atoms with Crippen molar-refractivity contribution >= 4 is 29.3 Å². The van der Waals surface area contributed by atoms with Crippen LogP contribution < -0.4 is 10.1 Å². The van der Waals surface area contributed by atoms with Gasteiger partial charge in [-0.25, -0.2) is 9.38 Å². The van der Waals surface area contributed by atoms with Crippen LogP contribution in [0.4, 0.5) is 10.1 Å². The zero-order valence-corrected chi connectivity index (χ0v) is 23.5. The second kappa shape index (κ2) is 14.5. The van der Waals surface area contributed by atoms with Gasteiger partial charge in [-0.05, 0) is 60.0 Å². The number of aliphatic imine (C=N–C) groups is 1. The van der Waals surface area contributed by atoms with E-state index in [4.69, 9.17) is 25.1 Å². The molecule has 2 atom stereocenters. The summed E-state index contributed by atoms with van der Waals surface area (Å²) in [5.74, 6) is 1.77. The minimum atomic E-state index is -1.30. The molecule has 9 nitrogen and oxygen atoms in total. The van der Waals surface area contributed by atoms with Gasteiger partial charge in [0.1, 0.15) is 17.7 Å². The van der Waals surface area contributed by atoms with Gasteiger partial charge in [0, 0.05) is 53.7 Å². The number of aliphatic hydroxyl groups excluding tert-OH is 1. The molecule has 0 saturated heterocycles. The van der Waals surface area contributed by atoms with E-state index in [2.05, 4.69) is 15.3 Å². The first-order valence-electron chi connectivity index (χ1n) is 13.3. The van der Waals surface area contributed by atoms with Crippen molar-refractivity contribution in [3.8, 4) is 5.75 Å². The van der Waals surface area contributed by atoms with Gasteiger partial charge >= 0.3 is 0 Å². The Kier molecular flexibility index (Phi) is 10.6. The minimum absolute atomic E-state index is 0.0561. The largest absolute Gasteiger partial charge is 0.494 e. The summed E-state index contributed by atoms with van der Waals surface area (Å²) >= 11 is 1.63. The highest BCUT2D eigenvalue weighted by Gasteiger charge is 2.50. The highest BCUT2D eigenvalue weighted by Crippen LogP contribution is 2.35. The van der Waals surface area contributed by atoms with Crippen molar-refractivity contribution in [1.82, 2.24) is 5.32 Å². The lowest BCUT2D eigenvalue weighted by Crippen LogP contribution is -2.53. The molecular formula is C30H32FN5O4S. The van der Waals surface area contributed by atoms with Crippen molar-refractivity contribution < 1.29 is 23.8 Å². The van der Waals surface area contributed by atoms with E-state index < -0.39 is 11.6 Å². The molecule has 0 saturated carbocycles. The van der Waals surface area contributed by atoms with Gasteiger partial charge in [-0.3, -0.25) is 4.79 Å². The van der Waals surface area contributed by atoms with Crippen LogP contribution in [0.2, 0.25) is 0 Å². The normalized spacial score (nSPS) is 17.7. The zero-order valence-electron chi connectivity index (χ0n) is 22.7. The molecule has 0 spiro atoms. The Balaban J connectivity index is 1.52. The maximum atomic E-state index is 13.8. The van der Waals surface area contributed by atoms with Gasteiger partial charge in [0.05, 0.1) is 6.61 Å². The lowest BCUT2D eigenvalue weighted by molar-refractivity contribution is -0.128. The second-order valence-electron chi connectivity index (χ2n) is 9.48. The summed E-state index contributed by atoms with van der Waals surface area (Å²) in [6.45, 7) is 2.67. The Morgan fingerprint density at radius 1 is 1.20 bits per heavy atom. The Bertz CT molecular complexity index is 1400. The first-order valence-corrected chi connectivity index (χ1v) is 14.4. The van der Waals surface area contributed by atoms with Crippen LogP contribution in [0.15, 0.2) is 82.9 Å². The van der Waals surface area contributed by atoms with E-state index in [1.807, 2.05) is 31.2 Å². The molecule has 0 unspecified atom stereocenters. The number of carbonyl (C=O) groups excluding carboxylic acids is 1. The van der Waals surface area contributed by atoms with Crippen LogP contribution >= 0.6 is 11.8 Å². The van der Waals surface area contributed by atoms with Gasteiger partial charge in [-0.2, -0.15) is 11.8 Å². The second-order valence-corrected chi connectivity index (χ2v) is 10.6. The van der Waals surface area contributed by atoms with Gasteiger partial charge < -0.3 is 19.9 Å². The Morgan fingerprint density at radius 2 is 1.95 bits per heavy atom. The van der Waals surface area contributed by atoms with Crippen molar-refractivity contribution in [3.63, 3.8) is 0 Å². The first-order chi connectivity index (χ1) is 19.9. The molecule has 0 aromatic heterocycles. The number of nitrogens with one attached hydrogen (secondary N) is 1. The molecular weight excluding hydrogens is 545 g/mol. The number of hydrogen-bond acceptors (Lipinski definition) is 7. The van der Waals surface area contributed by atoms with Gasteiger partial charge in [0.15, 0.2) is 5.54 Å². The topological polar surface area (TPSA) is 129 Å². The fourth-order valence-corrected chi connectivity index (χ4v) is 5.22. The number of halogens is 1. The molecule has 1 heterocycles. The number of aliphatic hydroxyl groups is 1. The van der Waals surface area contributed by atoms with E-state index >= 15 is 0 Å². The summed E-state index contributed by atoms with van der Waals surface area (Å²) in [6.07, 6.45) is 0.0995. The summed E-state index contributed by atoms with van der Waals surface area (Å²) in [7, 11) is 0. The number of thioether (sulfide) groups is 1. The smallest absolute Gasteiger partial charge is 0.252 e. The van der Waals surface area contributed by atoms with Crippen LogP contribution in [0.25, 0.3) is 10.4 Å². The molecule has 3 aromatic rings. The van der Waals surface area contributed by atoms with Crippen LogP contribution in [-0.4, -0.2) is 54.1 Å². The van der Waals surface area contributed by atoms with Gasteiger partial charge in [0.2, 0.25) is 5.90 Å². The lowest BCUT2D eigenvalue weighted by Gasteiger charge is -2.28. The highest BCUT2D eigenvalue weighted by atomic mass is 32.2. The third-order valence-corrected chi connectivity index (χ3v) is 7.68. The van der Waals surface area contributed by atoms with E-state index in [0.29, 0.717) is 59.5 Å². The van der Waals surface area contributed by atoms with Crippen LogP contribution in [0.3, 0.4) is 0 Å². The number of rotatable bonds is 14.